The van der Waals surface area contributed by atoms with Crippen LogP contribution in [0.1, 0.15) is 16.1 Å². The molecule has 1 amide bonds. The Morgan fingerprint density at radius 3 is 2.48 bits per heavy atom. The molecule has 6 nitrogen and oxygen atoms in total. The van der Waals surface area contributed by atoms with E-state index in [1.54, 1.807) is 0 Å². The number of morpholine rings is 1. The SMILES string of the molecule is O=C(c1cc(N2CCOCC2)nc(-c2ccccc2)n1)N1CCc2ccccc21. The topological polar surface area (TPSA) is 58.6 Å². The fourth-order valence-corrected chi connectivity index (χ4v) is 3.90. The van der Waals surface area contributed by atoms with Crippen LogP contribution in [0.3, 0.4) is 0 Å². The molecule has 0 spiro atoms. The second kappa shape index (κ2) is 7.64. The van der Waals surface area contributed by atoms with Gasteiger partial charge in [-0.2, -0.15) is 0 Å². The van der Waals surface area contributed by atoms with Gasteiger partial charge in [0.25, 0.3) is 5.91 Å². The van der Waals surface area contributed by atoms with Crippen LogP contribution in [0, 0.1) is 0 Å². The van der Waals surface area contributed by atoms with Crippen LogP contribution >= 0.6 is 0 Å². The number of hydrogen-bond acceptors (Lipinski definition) is 5. The summed E-state index contributed by atoms with van der Waals surface area (Å²) in [5, 5.41) is 0. The molecule has 0 radical (unpaired) electrons. The molecule has 29 heavy (non-hydrogen) atoms. The third-order valence-electron chi connectivity index (χ3n) is 5.43. The smallest absolute Gasteiger partial charge is 0.277 e. The van der Waals surface area contributed by atoms with Gasteiger partial charge in [-0.05, 0) is 18.1 Å². The second-order valence-electron chi connectivity index (χ2n) is 7.24. The summed E-state index contributed by atoms with van der Waals surface area (Å²) in [6, 6.07) is 19.7. The lowest BCUT2D eigenvalue weighted by molar-refractivity contribution is 0.0984. The van der Waals surface area contributed by atoms with Gasteiger partial charge in [-0.1, -0.05) is 48.5 Å². The van der Waals surface area contributed by atoms with Crippen LogP contribution in [0.25, 0.3) is 11.4 Å². The van der Waals surface area contributed by atoms with Crippen LogP contribution in [0.15, 0.2) is 60.7 Å². The molecule has 0 atom stereocenters. The van der Waals surface area contributed by atoms with Gasteiger partial charge in [-0.3, -0.25) is 4.79 Å². The molecule has 0 unspecified atom stereocenters. The first kappa shape index (κ1) is 17.8. The van der Waals surface area contributed by atoms with Gasteiger partial charge in [0.15, 0.2) is 5.82 Å². The predicted molar refractivity (Wildman–Crippen MR) is 112 cm³/mol. The zero-order chi connectivity index (χ0) is 19.6. The summed E-state index contributed by atoms with van der Waals surface area (Å²) in [6.45, 7) is 3.51. The molecular formula is C23H22N4O2. The van der Waals surface area contributed by atoms with E-state index in [2.05, 4.69) is 16.0 Å². The van der Waals surface area contributed by atoms with Crippen molar-refractivity contribution in [1.29, 1.82) is 0 Å². The maximum Gasteiger partial charge on any atom is 0.277 e. The van der Waals surface area contributed by atoms with Crippen LogP contribution in [0.2, 0.25) is 0 Å². The number of nitrogens with zero attached hydrogens (tertiary/aromatic N) is 4. The van der Waals surface area contributed by atoms with Crippen molar-refractivity contribution >= 4 is 17.4 Å². The summed E-state index contributed by atoms with van der Waals surface area (Å²) in [7, 11) is 0. The largest absolute Gasteiger partial charge is 0.378 e. The molecule has 2 aliphatic heterocycles. The Kier molecular flexibility index (Phi) is 4.69. The summed E-state index contributed by atoms with van der Waals surface area (Å²) in [6.07, 6.45) is 0.870. The lowest BCUT2D eigenvalue weighted by Gasteiger charge is -2.28. The number of para-hydroxylation sites is 1. The monoisotopic (exact) mass is 386 g/mol. The van der Waals surface area contributed by atoms with Crippen molar-refractivity contribution < 1.29 is 9.53 Å². The van der Waals surface area contributed by atoms with Crippen molar-refractivity contribution in [3.8, 4) is 11.4 Å². The Balaban J connectivity index is 1.56. The predicted octanol–water partition coefficient (Wildman–Crippen LogP) is 3.18. The minimum absolute atomic E-state index is 0.0796. The van der Waals surface area contributed by atoms with Gasteiger partial charge in [0, 0.05) is 37.0 Å². The van der Waals surface area contributed by atoms with Gasteiger partial charge in [-0.25, -0.2) is 9.97 Å². The molecule has 1 saturated heterocycles. The maximum atomic E-state index is 13.4. The van der Waals surface area contributed by atoms with E-state index in [0.29, 0.717) is 31.3 Å². The number of benzene rings is 2. The highest BCUT2D eigenvalue weighted by atomic mass is 16.5. The minimum atomic E-state index is -0.0796. The Labute approximate surface area is 169 Å². The Morgan fingerprint density at radius 2 is 1.66 bits per heavy atom. The standard InChI is InChI=1S/C23H22N4O2/c28-23(27-11-10-17-6-4-5-9-20(17)27)19-16-21(26-12-14-29-15-13-26)25-22(24-19)18-7-2-1-3-8-18/h1-9,16H,10-15H2. The highest BCUT2D eigenvalue weighted by Crippen LogP contribution is 2.30. The van der Waals surface area contributed by atoms with Gasteiger partial charge in [0.2, 0.25) is 0 Å². The third kappa shape index (κ3) is 3.47. The molecule has 5 rings (SSSR count). The average molecular weight is 386 g/mol. The van der Waals surface area contributed by atoms with Crippen molar-refractivity contribution in [2.24, 2.45) is 0 Å². The number of carbonyl (C=O) groups is 1. The molecule has 2 aliphatic rings. The number of aromatic nitrogens is 2. The first-order chi connectivity index (χ1) is 14.3. The number of ether oxygens (including phenoxy) is 1. The van der Waals surface area contributed by atoms with E-state index in [1.165, 1.54) is 5.56 Å². The van der Waals surface area contributed by atoms with E-state index in [1.807, 2.05) is 59.5 Å². The Bertz CT molecular complexity index is 1030. The quantitative estimate of drug-likeness (QED) is 0.692. The highest BCUT2D eigenvalue weighted by molar-refractivity contribution is 6.06. The van der Waals surface area contributed by atoms with E-state index in [-0.39, 0.29) is 5.91 Å². The first-order valence-corrected chi connectivity index (χ1v) is 9.96. The van der Waals surface area contributed by atoms with Gasteiger partial charge in [-0.15, -0.1) is 0 Å². The highest BCUT2D eigenvalue weighted by Gasteiger charge is 2.27. The van der Waals surface area contributed by atoms with Crippen LogP contribution < -0.4 is 9.80 Å². The normalized spacial score (nSPS) is 16.0. The van der Waals surface area contributed by atoms with Gasteiger partial charge < -0.3 is 14.5 Å². The molecule has 0 N–H and O–H groups in total. The molecule has 0 saturated carbocycles. The number of anilines is 2. The first-order valence-electron chi connectivity index (χ1n) is 9.96. The molecule has 6 heteroatoms. The van der Waals surface area contributed by atoms with E-state index >= 15 is 0 Å². The van der Waals surface area contributed by atoms with E-state index in [9.17, 15) is 4.79 Å². The molecule has 146 valence electrons. The summed E-state index contributed by atoms with van der Waals surface area (Å²) < 4.78 is 5.47. The molecule has 0 aliphatic carbocycles. The summed E-state index contributed by atoms with van der Waals surface area (Å²) in [4.78, 5) is 26.8. The maximum absolute atomic E-state index is 13.4. The van der Waals surface area contributed by atoms with Crippen LogP contribution in [0.5, 0.6) is 0 Å². The van der Waals surface area contributed by atoms with Crippen molar-refractivity contribution in [3.63, 3.8) is 0 Å². The Morgan fingerprint density at radius 1 is 0.897 bits per heavy atom. The van der Waals surface area contributed by atoms with Crippen molar-refractivity contribution in [3.05, 3.63) is 71.9 Å². The van der Waals surface area contributed by atoms with Gasteiger partial charge >= 0.3 is 0 Å². The van der Waals surface area contributed by atoms with Crippen molar-refractivity contribution in [2.45, 2.75) is 6.42 Å². The molecule has 2 aromatic carbocycles. The van der Waals surface area contributed by atoms with E-state index in [0.717, 1.165) is 36.6 Å². The number of fused-ring (bicyclic) bond motifs is 1. The van der Waals surface area contributed by atoms with Crippen molar-refractivity contribution in [2.75, 3.05) is 42.6 Å². The number of rotatable bonds is 3. The fourth-order valence-electron chi connectivity index (χ4n) is 3.90. The third-order valence-corrected chi connectivity index (χ3v) is 5.43. The number of carbonyl (C=O) groups excluding carboxylic acids is 1. The zero-order valence-electron chi connectivity index (χ0n) is 16.1. The minimum Gasteiger partial charge on any atom is -0.378 e. The van der Waals surface area contributed by atoms with Crippen LogP contribution in [-0.4, -0.2) is 48.7 Å². The molecule has 3 aromatic rings. The fraction of sp³-hybridized carbons (Fsp3) is 0.261. The van der Waals surface area contributed by atoms with Gasteiger partial charge in [0.05, 0.1) is 13.2 Å². The number of amides is 1. The second-order valence-corrected chi connectivity index (χ2v) is 7.24. The van der Waals surface area contributed by atoms with Crippen LogP contribution in [0.4, 0.5) is 11.5 Å². The molecule has 0 bridgehead atoms. The lowest BCUT2D eigenvalue weighted by Crippen LogP contribution is -2.37. The van der Waals surface area contributed by atoms with Crippen LogP contribution in [-0.2, 0) is 11.2 Å². The average Bonchev–Trinajstić information content (AvgIpc) is 3.24. The van der Waals surface area contributed by atoms with Crippen molar-refractivity contribution in [1.82, 2.24) is 9.97 Å². The molecule has 1 fully saturated rings. The molecule has 1 aromatic heterocycles. The summed E-state index contributed by atoms with van der Waals surface area (Å²) in [5.74, 6) is 1.27. The van der Waals surface area contributed by atoms with E-state index < -0.39 is 0 Å². The number of hydrogen-bond donors (Lipinski definition) is 0. The lowest BCUT2D eigenvalue weighted by atomic mass is 10.2. The molecular weight excluding hydrogens is 364 g/mol. The van der Waals surface area contributed by atoms with E-state index in [4.69, 9.17) is 9.72 Å². The summed E-state index contributed by atoms with van der Waals surface area (Å²) in [5.41, 5.74) is 3.51. The van der Waals surface area contributed by atoms with Gasteiger partial charge in [0.1, 0.15) is 11.5 Å². The Hall–Kier alpha value is -3.25. The summed E-state index contributed by atoms with van der Waals surface area (Å²) >= 11 is 0. The zero-order valence-corrected chi connectivity index (χ0v) is 16.1. The molecule has 3 heterocycles.